The van der Waals surface area contributed by atoms with Crippen LogP contribution in [0.25, 0.3) is 0 Å². The molecule has 1 unspecified atom stereocenters. The highest BCUT2D eigenvalue weighted by molar-refractivity contribution is 14.0. The second-order valence-corrected chi connectivity index (χ2v) is 8.67. The maximum absolute atomic E-state index is 5.40. The summed E-state index contributed by atoms with van der Waals surface area (Å²) in [6, 6.07) is 12.8. The zero-order valence-corrected chi connectivity index (χ0v) is 19.6. The average Bonchev–Trinajstić information content (AvgIpc) is 3.35. The zero-order chi connectivity index (χ0) is 18.2. The summed E-state index contributed by atoms with van der Waals surface area (Å²) in [6.07, 6.45) is 3.55. The largest absolute Gasteiger partial charge is 0.469 e. The van der Waals surface area contributed by atoms with Crippen LogP contribution in [0.15, 0.2) is 57.5 Å². The number of hydrogen-bond donors (Lipinski definition) is 2. The van der Waals surface area contributed by atoms with E-state index in [4.69, 9.17) is 9.41 Å². The summed E-state index contributed by atoms with van der Waals surface area (Å²) in [4.78, 5) is 8.77. The second kappa shape index (κ2) is 11.5. The van der Waals surface area contributed by atoms with E-state index in [0.717, 1.165) is 31.1 Å². The topological polar surface area (TPSA) is 49.6 Å². The normalized spacial score (nSPS) is 12.4. The first-order valence-electron chi connectivity index (χ1n) is 8.84. The first kappa shape index (κ1) is 22.0. The van der Waals surface area contributed by atoms with Crippen molar-refractivity contribution in [3.8, 4) is 0 Å². The van der Waals surface area contributed by atoms with Gasteiger partial charge < -0.3 is 15.1 Å². The molecule has 0 amide bonds. The molecule has 0 saturated heterocycles. The summed E-state index contributed by atoms with van der Waals surface area (Å²) in [5, 5.41) is 9.05. The molecule has 4 nitrogen and oxygen atoms in total. The molecule has 3 aromatic heterocycles. The van der Waals surface area contributed by atoms with Crippen LogP contribution in [0.1, 0.15) is 27.3 Å². The molecular weight excluding hydrogens is 489 g/mol. The Morgan fingerprint density at radius 3 is 2.74 bits per heavy atom. The molecular formula is C20H26IN3OS2. The van der Waals surface area contributed by atoms with E-state index < -0.39 is 0 Å². The monoisotopic (exact) mass is 515 g/mol. The Hall–Kier alpha value is -1.32. The van der Waals surface area contributed by atoms with E-state index >= 15 is 0 Å². The van der Waals surface area contributed by atoms with Crippen molar-refractivity contribution < 1.29 is 4.42 Å². The van der Waals surface area contributed by atoms with Crippen LogP contribution in [0, 0.1) is 6.92 Å². The lowest BCUT2D eigenvalue weighted by molar-refractivity contribution is 0.506. The summed E-state index contributed by atoms with van der Waals surface area (Å²) < 4.78 is 5.40. The van der Waals surface area contributed by atoms with Gasteiger partial charge in [0.1, 0.15) is 5.76 Å². The number of nitrogens with one attached hydrogen (secondary N) is 2. The SMILES string of the molecule is Cc1ccc(CC(C)NC(=NCc2cccs2)NCCc2ccco2)s1.I. The molecule has 27 heavy (non-hydrogen) atoms. The molecule has 0 radical (unpaired) electrons. The average molecular weight is 515 g/mol. The number of hydrogen-bond acceptors (Lipinski definition) is 4. The molecule has 3 aromatic rings. The maximum Gasteiger partial charge on any atom is 0.191 e. The number of thiophene rings is 2. The Balaban J connectivity index is 0.00000261. The van der Waals surface area contributed by atoms with Gasteiger partial charge in [-0.2, -0.15) is 0 Å². The molecule has 146 valence electrons. The smallest absolute Gasteiger partial charge is 0.191 e. The molecule has 0 bridgehead atoms. The van der Waals surface area contributed by atoms with Gasteiger partial charge in [0.2, 0.25) is 0 Å². The molecule has 0 aliphatic carbocycles. The highest BCUT2D eigenvalue weighted by Gasteiger charge is 2.09. The van der Waals surface area contributed by atoms with Gasteiger partial charge in [0.15, 0.2) is 5.96 Å². The Kier molecular flexibility index (Phi) is 9.36. The van der Waals surface area contributed by atoms with Crippen molar-refractivity contribution in [3.05, 3.63) is 68.4 Å². The third-order valence-corrected chi connectivity index (χ3v) is 5.79. The molecule has 0 spiro atoms. The van der Waals surface area contributed by atoms with Crippen LogP contribution < -0.4 is 10.6 Å². The van der Waals surface area contributed by atoms with Crippen LogP contribution in [0.3, 0.4) is 0 Å². The van der Waals surface area contributed by atoms with E-state index in [0.29, 0.717) is 12.6 Å². The van der Waals surface area contributed by atoms with Crippen molar-refractivity contribution in [3.63, 3.8) is 0 Å². The van der Waals surface area contributed by atoms with Crippen LogP contribution in [0.5, 0.6) is 0 Å². The van der Waals surface area contributed by atoms with Crippen LogP contribution in [-0.2, 0) is 19.4 Å². The minimum Gasteiger partial charge on any atom is -0.469 e. The first-order valence-corrected chi connectivity index (χ1v) is 10.5. The molecule has 3 rings (SSSR count). The summed E-state index contributed by atoms with van der Waals surface area (Å²) in [5.41, 5.74) is 0. The quantitative estimate of drug-likeness (QED) is 0.245. The van der Waals surface area contributed by atoms with Gasteiger partial charge in [0, 0.05) is 40.1 Å². The number of aliphatic imine (C=N–C) groups is 1. The van der Waals surface area contributed by atoms with Gasteiger partial charge in [-0.1, -0.05) is 6.07 Å². The van der Waals surface area contributed by atoms with Crippen LogP contribution in [-0.4, -0.2) is 18.5 Å². The van der Waals surface area contributed by atoms with Crippen molar-refractivity contribution in [2.75, 3.05) is 6.54 Å². The molecule has 2 N–H and O–H groups in total. The van der Waals surface area contributed by atoms with E-state index in [1.807, 2.05) is 23.5 Å². The Labute approximate surface area is 186 Å². The molecule has 0 aliphatic rings. The fourth-order valence-electron chi connectivity index (χ4n) is 2.65. The molecule has 0 fully saturated rings. The Morgan fingerprint density at radius 1 is 1.19 bits per heavy atom. The number of nitrogens with zero attached hydrogens (tertiary/aromatic N) is 1. The molecule has 1 atom stereocenters. The van der Waals surface area contributed by atoms with E-state index in [9.17, 15) is 0 Å². The van der Waals surface area contributed by atoms with E-state index in [1.54, 1.807) is 17.6 Å². The van der Waals surface area contributed by atoms with Crippen molar-refractivity contribution in [2.45, 2.75) is 39.3 Å². The van der Waals surface area contributed by atoms with Crippen molar-refractivity contribution in [1.82, 2.24) is 10.6 Å². The predicted octanol–water partition coefficient (Wildman–Crippen LogP) is 5.24. The second-order valence-electron chi connectivity index (χ2n) is 6.26. The lowest BCUT2D eigenvalue weighted by Gasteiger charge is -2.17. The van der Waals surface area contributed by atoms with E-state index in [-0.39, 0.29) is 24.0 Å². The zero-order valence-electron chi connectivity index (χ0n) is 15.6. The maximum atomic E-state index is 5.40. The number of rotatable bonds is 8. The number of guanidine groups is 1. The molecule has 0 saturated carbocycles. The summed E-state index contributed by atoms with van der Waals surface area (Å²) in [7, 11) is 0. The summed E-state index contributed by atoms with van der Waals surface area (Å²) in [6.45, 7) is 5.83. The fraction of sp³-hybridized carbons (Fsp3) is 0.350. The van der Waals surface area contributed by atoms with Crippen molar-refractivity contribution >= 4 is 52.6 Å². The van der Waals surface area contributed by atoms with Gasteiger partial charge in [-0.25, -0.2) is 4.99 Å². The highest BCUT2D eigenvalue weighted by Crippen LogP contribution is 2.16. The molecule has 0 aliphatic heterocycles. The number of furan rings is 1. The standard InChI is InChI=1S/C20H25N3OS2.HI/c1-15(13-18-8-7-16(2)26-18)23-20(22-14-19-6-4-12-25-19)21-10-9-17-5-3-11-24-17;/h3-8,11-12,15H,9-10,13-14H2,1-2H3,(H2,21,22,23);1H. The molecule has 3 heterocycles. The van der Waals surface area contributed by atoms with Crippen LogP contribution >= 0.6 is 46.7 Å². The molecule has 0 aromatic carbocycles. The lowest BCUT2D eigenvalue weighted by Crippen LogP contribution is -2.43. The number of halogens is 1. The van der Waals surface area contributed by atoms with E-state index in [1.165, 1.54) is 14.6 Å². The van der Waals surface area contributed by atoms with Crippen molar-refractivity contribution in [2.24, 2.45) is 4.99 Å². The molecule has 7 heteroatoms. The van der Waals surface area contributed by atoms with Gasteiger partial charge in [0.25, 0.3) is 0 Å². The summed E-state index contributed by atoms with van der Waals surface area (Å²) >= 11 is 3.59. The van der Waals surface area contributed by atoms with Gasteiger partial charge in [-0.3, -0.25) is 0 Å². The van der Waals surface area contributed by atoms with E-state index in [2.05, 4.69) is 54.1 Å². The van der Waals surface area contributed by atoms with Gasteiger partial charge >= 0.3 is 0 Å². The van der Waals surface area contributed by atoms with Gasteiger partial charge in [-0.15, -0.1) is 46.7 Å². The predicted molar refractivity (Wildman–Crippen MR) is 127 cm³/mol. The lowest BCUT2D eigenvalue weighted by atomic mass is 10.2. The highest BCUT2D eigenvalue weighted by atomic mass is 127. The minimum absolute atomic E-state index is 0. The van der Waals surface area contributed by atoms with Crippen molar-refractivity contribution in [1.29, 1.82) is 0 Å². The first-order chi connectivity index (χ1) is 12.7. The third-order valence-electron chi connectivity index (χ3n) is 3.90. The fourth-order valence-corrected chi connectivity index (χ4v) is 4.30. The Bertz CT molecular complexity index is 797. The van der Waals surface area contributed by atoms with Gasteiger partial charge in [0.05, 0.1) is 12.8 Å². The van der Waals surface area contributed by atoms with Crippen LogP contribution in [0.4, 0.5) is 0 Å². The van der Waals surface area contributed by atoms with Crippen LogP contribution in [0.2, 0.25) is 0 Å². The Morgan fingerprint density at radius 2 is 2.07 bits per heavy atom. The summed E-state index contributed by atoms with van der Waals surface area (Å²) in [5.74, 6) is 1.84. The third kappa shape index (κ3) is 7.67. The van der Waals surface area contributed by atoms with Gasteiger partial charge in [-0.05, 0) is 49.6 Å². The number of aryl methyl sites for hydroxylation is 1. The minimum atomic E-state index is 0.